The summed E-state index contributed by atoms with van der Waals surface area (Å²) in [5.74, 6) is 0.228. The van der Waals surface area contributed by atoms with Gasteiger partial charge >= 0.3 is 6.03 Å². The zero-order valence-electron chi connectivity index (χ0n) is 25.1. The Morgan fingerprint density at radius 3 is 2.20 bits per heavy atom. The second-order valence-electron chi connectivity index (χ2n) is 12.5. The van der Waals surface area contributed by atoms with Crippen LogP contribution in [-0.2, 0) is 21.2 Å². The molecule has 2 saturated heterocycles. The van der Waals surface area contributed by atoms with Crippen LogP contribution in [0.5, 0.6) is 0 Å². The average Bonchev–Trinajstić information content (AvgIpc) is 2.94. The van der Waals surface area contributed by atoms with E-state index < -0.39 is 16.1 Å². The van der Waals surface area contributed by atoms with Crippen LogP contribution in [0.4, 0.5) is 4.79 Å². The van der Waals surface area contributed by atoms with Gasteiger partial charge in [-0.1, -0.05) is 49.9 Å². The molecule has 0 spiro atoms. The summed E-state index contributed by atoms with van der Waals surface area (Å²) in [6.45, 7) is 4.31. The van der Waals surface area contributed by atoms with E-state index in [1.54, 1.807) is 4.90 Å². The van der Waals surface area contributed by atoms with Gasteiger partial charge in [0, 0.05) is 63.4 Å². The van der Waals surface area contributed by atoms with Crippen molar-refractivity contribution in [2.24, 2.45) is 5.92 Å². The van der Waals surface area contributed by atoms with E-state index in [4.69, 9.17) is 11.6 Å². The first kappa shape index (κ1) is 32.0. The molecular weight excluding hydrogens is 562 g/mol. The largest absolute Gasteiger partial charge is 0.341 e. The fraction of sp³-hybridized carbons (Fsp3) is 0.733. The predicted octanol–water partition coefficient (Wildman–Crippen LogP) is 3.82. The van der Waals surface area contributed by atoms with Crippen molar-refractivity contribution in [2.45, 2.75) is 88.9 Å². The van der Waals surface area contributed by atoms with E-state index in [2.05, 4.69) is 17.1 Å². The van der Waals surface area contributed by atoms with Gasteiger partial charge in [0.05, 0.1) is 12.3 Å². The summed E-state index contributed by atoms with van der Waals surface area (Å²) in [4.78, 5) is 33.2. The third kappa shape index (κ3) is 8.36. The van der Waals surface area contributed by atoms with Crippen molar-refractivity contribution in [1.82, 2.24) is 24.3 Å². The lowest BCUT2D eigenvalue weighted by molar-refractivity contribution is -0.136. The maximum absolute atomic E-state index is 14.1. The van der Waals surface area contributed by atoms with Crippen LogP contribution in [0.15, 0.2) is 24.3 Å². The van der Waals surface area contributed by atoms with Crippen molar-refractivity contribution in [3.8, 4) is 0 Å². The summed E-state index contributed by atoms with van der Waals surface area (Å²) in [5, 5.41) is 4.26. The second kappa shape index (κ2) is 14.1. The van der Waals surface area contributed by atoms with Crippen LogP contribution < -0.4 is 5.32 Å². The van der Waals surface area contributed by atoms with Gasteiger partial charge in [-0.15, -0.1) is 0 Å². The molecule has 2 aliphatic heterocycles. The number of hydrogen-bond acceptors (Lipinski definition) is 5. The molecule has 0 bridgehead atoms. The molecule has 230 valence electrons. The topological polar surface area (TPSA) is 93.3 Å². The lowest BCUT2D eigenvalue weighted by Gasteiger charge is -2.48. The van der Waals surface area contributed by atoms with E-state index in [0.29, 0.717) is 50.5 Å². The molecule has 3 fully saturated rings. The molecule has 1 saturated carbocycles. The number of sulfonamides is 1. The minimum Gasteiger partial charge on any atom is -0.341 e. The first-order valence-corrected chi connectivity index (χ1v) is 17.4. The van der Waals surface area contributed by atoms with E-state index >= 15 is 0 Å². The number of hydrogen-bond donors (Lipinski definition) is 1. The van der Waals surface area contributed by atoms with Gasteiger partial charge in [-0.05, 0) is 62.1 Å². The molecule has 2 heterocycles. The number of piperidine rings is 2. The minimum absolute atomic E-state index is 0.0590. The Labute approximate surface area is 251 Å². The van der Waals surface area contributed by atoms with Crippen LogP contribution in [0.2, 0.25) is 5.02 Å². The molecule has 1 aromatic carbocycles. The van der Waals surface area contributed by atoms with E-state index in [1.165, 1.54) is 17.0 Å². The SMILES string of the molecule is CC1CN(C(=O)[C@H](Cc2ccc(Cl)cc2)NC2CCN(S(C)(=O)=O)CC2)CCC1N(C(=O)N(C)C)C1CCCCC1. The first-order chi connectivity index (χ1) is 19.4. The molecule has 3 aliphatic rings. The Balaban J connectivity index is 1.46. The molecule has 1 aliphatic carbocycles. The molecule has 0 radical (unpaired) electrons. The third-order valence-electron chi connectivity index (χ3n) is 9.11. The Morgan fingerprint density at radius 2 is 1.63 bits per heavy atom. The fourth-order valence-electron chi connectivity index (χ4n) is 6.84. The van der Waals surface area contributed by atoms with Crippen LogP contribution in [0.3, 0.4) is 0 Å². The van der Waals surface area contributed by atoms with Crippen LogP contribution in [0.1, 0.15) is 63.9 Å². The summed E-state index contributed by atoms with van der Waals surface area (Å²) in [6.07, 6.45) is 9.54. The molecule has 41 heavy (non-hydrogen) atoms. The monoisotopic (exact) mass is 609 g/mol. The van der Waals surface area contributed by atoms with Crippen molar-refractivity contribution in [3.63, 3.8) is 0 Å². The number of carbonyl (C=O) groups excluding carboxylic acids is 2. The van der Waals surface area contributed by atoms with E-state index in [1.807, 2.05) is 43.3 Å². The predicted molar refractivity (Wildman–Crippen MR) is 163 cm³/mol. The summed E-state index contributed by atoms with van der Waals surface area (Å²) in [5.41, 5.74) is 1.02. The van der Waals surface area contributed by atoms with Gasteiger partial charge in [-0.2, -0.15) is 0 Å². The molecule has 2 unspecified atom stereocenters. The van der Waals surface area contributed by atoms with Crippen molar-refractivity contribution < 1.29 is 18.0 Å². The maximum Gasteiger partial charge on any atom is 0.319 e. The number of nitrogens with one attached hydrogen (secondary N) is 1. The fourth-order valence-corrected chi connectivity index (χ4v) is 7.84. The highest BCUT2D eigenvalue weighted by atomic mass is 35.5. The lowest BCUT2D eigenvalue weighted by atomic mass is 9.87. The Kier molecular flexibility index (Phi) is 11.0. The summed E-state index contributed by atoms with van der Waals surface area (Å²) in [7, 11) is 0.441. The Morgan fingerprint density at radius 1 is 1.00 bits per heavy atom. The number of rotatable bonds is 8. The van der Waals surface area contributed by atoms with Crippen LogP contribution in [-0.4, -0.2) is 110 Å². The second-order valence-corrected chi connectivity index (χ2v) is 14.9. The quantitative estimate of drug-likeness (QED) is 0.484. The van der Waals surface area contributed by atoms with Crippen molar-refractivity contribution in [3.05, 3.63) is 34.9 Å². The van der Waals surface area contributed by atoms with Gasteiger partial charge in [0.1, 0.15) is 0 Å². The number of halogens is 1. The van der Waals surface area contributed by atoms with Crippen molar-refractivity contribution >= 4 is 33.6 Å². The van der Waals surface area contributed by atoms with Crippen LogP contribution >= 0.6 is 11.6 Å². The minimum atomic E-state index is -3.22. The van der Waals surface area contributed by atoms with E-state index in [-0.39, 0.29) is 36.0 Å². The van der Waals surface area contributed by atoms with Crippen LogP contribution in [0.25, 0.3) is 0 Å². The van der Waals surface area contributed by atoms with Gasteiger partial charge in [-0.3, -0.25) is 4.79 Å². The molecule has 1 aromatic rings. The highest BCUT2D eigenvalue weighted by molar-refractivity contribution is 7.88. The van der Waals surface area contributed by atoms with Crippen molar-refractivity contribution in [2.75, 3.05) is 46.5 Å². The summed E-state index contributed by atoms with van der Waals surface area (Å²) >= 11 is 6.12. The number of benzene rings is 1. The normalized spacial score (nSPS) is 24.2. The van der Waals surface area contributed by atoms with Gasteiger partial charge < -0.3 is 20.0 Å². The molecule has 4 rings (SSSR count). The first-order valence-electron chi connectivity index (χ1n) is 15.2. The Hall–Kier alpha value is -1.88. The molecule has 9 nitrogen and oxygen atoms in total. The van der Waals surface area contributed by atoms with E-state index in [0.717, 1.165) is 37.7 Å². The molecular formula is C30H48ClN5O4S. The number of nitrogens with zero attached hydrogens (tertiary/aromatic N) is 4. The highest BCUT2D eigenvalue weighted by Gasteiger charge is 2.40. The zero-order chi connectivity index (χ0) is 29.7. The molecule has 3 amide bonds. The Bertz CT molecular complexity index is 1130. The van der Waals surface area contributed by atoms with Gasteiger partial charge in [0.15, 0.2) is 0 Å². The van der Waals surface area contributed by atoms with Gasteiger partial charge in [-0.25, -0.2) is 17.5 Å². The molecule has 0 aromatic heterocycles. The van der Waals surface area contributed by atoms with E-state index in [9.17, 15) is 18.0 Å². The molecule has 1 N–H and O–H groups in total. The number of urea groups is 1. The molecule has 11 heteroatoms. The maximum atomic E-state index is 14.1. The summed E-state index contributed by atoms with van der Waals surface area (Å²) in [6, 6.07) is 7.70. The zero-order valence-corrected chi connectivity index (χ0v) is 26.7. The summed E-state index contributed by atoms with van der Waals surface area (Å²) < 4.78 is 25.5. The van der Waals surface area contributed by atoms with Gasteiger partial charge in [0.2, 0.25) is 15.9 Å². The molecule has 3 atom stereocenters. The van der Waals surface area contributed by atoms with Crippen LogP contribution in [0, 0.1) is 5.92 Å². The van der Waals surface area contributed by atoms with Gasteiger partial charge in [0.25, 0.3) is 0 Å². The number of amides is 3. The third-order valence-corrected chi connectivity index (χ3v) is 10.7. The number of carbonyl (C=O) groups is 2. The average molecular weight is 610 g/mol. The smallest absolute Gasteiger partial charge is 0.319 e. The number of likely N-dealkylation sites (tertiary alicyclic amines) is 1. The standard InChI is InChI=1S/C30H48ClN5O4S/c1-22-21-34(17-16-28(22)36(30(38)33(2)3)26-8-6-5-7-9-26)29(37)27(20-23-10-12-24(31)13-11-23)32-25-14-18-35(19-15-25)41(4,39)40/h10-13,22,25-28,32H,5-9,14-21H2,1-4H3/t22?,27-,28?/m0/s1. The van der Waals surface area contributed by atoms with Crippen molar-refractivity contribution in [1.29, 1.82) is 0 Å². The highest BCUT2D eigenvalue weighted by Crippen LogP contribution is 2.31. The lowest BCUT2D eigenvalue weighted by Crippen LogP contribution is -2.60.